The van der Waals surface area contributed by atoms with Gasteiger partial charge in [0.25, 0.3) is 0 Å². The molecule has 22 heavy (non-hydrogen) atoms. The van der Waals surface area contributed by atoms with E-state index in [1.165, 1.54) is 0 Å². The molecule has 2 aromatic heterocycles. The van der Waals surface area contributed by atoms with Crippen molar-refractivity contribution < 1.29 is 14.6 Å². The highest BCUT2D eigenvalue weighted by Crippen LogP contribution is 2.22. The van der Waals surface area contributed by atoms with E-state index < -0.39 is 5.97 Å². The zero-order valence-electron chi connectivity index (χ0n) is 12.1. The molecule has 0 radical (unpaired) electrons. The number of methoxy groups -OCH3 is 1. The zero-order valence-corrected chi connectivity index (χ0v) is 12.1. The Kier molecular flexibility index (Phi) is 3.84. The topological polar surface area (TPSA) is 76.7 Å². The summed E-state index contributed by atoms with van der Waals surface area (Å²) in [5, 5.41) is 13.8. The summed E-state index contributed by atoms with van der Waals surface area (Å²) in [6.07, 6.45) is 0.533. The number of carboxylic acids is 1. The summed E-state index contributed by atoms with van der Waals surface area (Å²) in [4.78, 5) is 15.7. The van der Waals surface area contributed by atoms with Crippen LogP contribution in [0.4, 0.5) is 0 Å². The molecule has 3 aromatic rings. The number of aromatic nitrogens is 3. The minimum atomic E-state index is -1.02. The van der Waals surface area contributed by atoms with E-state index in [0.717, 1.165) is 11.3 Å². The van der Waals surface area contributed by atoms with Crippen molar-refractivity contribution in [3.63, 3.8) is 0 Å². The van der Waals surface area contributed by atoms with Crippen LogP contribution in [0.15, 0.2) is 42.5 Å². The van der Waals surface area contributed by atoms with E-state index >= 15 is 0 Å². The van der Waals surface area contributed by atoms with Crippen molar-refractivity contribution in [1.82, 2.24) is 14.6 Å². The van der Waals surface area contributed by atoms with Crippen LogP contribution in [-0.4, -0.2) is 39.4 Å². The predicted molar refractivity (Wildman–Crippen MR) is 81.0 cm³/mol. The lowest BCUT2D eigenvalue weighted by atomic mass is 10.1. The number of fused-ring (bicyclic) bond motifs is 1. The highest BCUT2D eigenvalue weighted by molar-refractivity contribution is 5.95. The molecule has 0 spiro atoms. The number of hydrogen-bond donors (Lipinski definition) is 1. The Bertz CT molecular complexity index is 812. The van der Waals surface area contributed by atoms with Gasteiger partial charge in [-0.15, -0.1) is 0 Å². The Hall–Kier alpha value is -2.73. The normalized spacial score (nSPS) is 11.0. The van der Waals surface area contributed by atoms with Gasteiger partial charge in [0.2, 0.25) is 0 Å². The van der Waals surface area contributed by atoms with Crippen LogP contribution in [0.1, 0.15) is 16.2 Å². The third-order valence-electron chi connectivity index (χ3n) is 3.36. The SMILES string of the molecule is COCCc1nc2c(C(=O)O)ccc(-c3ccccc3)n2n1. The Balaban J connectivity index is 2.20. The van der Waals surface area contributed by atoms with Gasteiger partial charge in [-0.25, -0.2) is 14.3 Å². The smallest absolute Gasteiger partial charge is 0.339 e. The van der Waals surface area contributed by atoms with Crippen molar-refractivity contribution in [2.45, 2.75) is 6.42 Å². The van der Waals surface area contributed by atoms with Crippen molar-refractivity contribution in [2.24, 2.45) is 0 Å². The number of hydrogen-bond acceptors (Lipinski definition) is 4. The van der Waals surface area contributed by atoms with Crippen molar-refractivity contribution >= 4 is 11.6 Å². The average Bonchev–Trinajstić information content (AvgIpc) is 2.96. The lowest BCUT2D eigenvalue weighted by Crippen LogP contribution is -2.03. The van der Waals surface area contributed by atoms with Crippen LogP contribution < -0.4 is 0 Å². The maximum atomic E-state index is 11.4. The minimum Gasteiger partial charge on any atom is -0.478 e. The summed E-state index contributed by atoms with van der Waals surface area (Å²) >= 11 is 0. The van der Waals surface area contributed by atoms with Crippen LogP contribution in [0.2, 0.25) is 0 Å². The summed E-state index contributed by atoms with van der Waals surface area (Å²) in [5.41, 5.74) is 2.24. The van der Waals surface area contributed by atoms with Crippen molar-refractivity contribution in [3.8, 4) is 11.3 Å². The number of ether oxygens (including phenoxy) is 1. The van der Waals surface area contributed by atoms with E-state index in [0.29, 0.717) is 24.5 Å². The molecule has 0 saturated carbocycles. The van der Waals surface area contributed by atoms with Crippen LogP contribution in [0.25, 0.3) is 16.9 Å². The standard InChI is InChI=1S/C16H15N3O3/c1-22-10-9-14-17-15-12(16(20)21)7-8-13(19(15)18-14)11-5-3-2-4-6-11/h2-8H,9-10H2,1H3,(H,20,21). The molecule has 0 amide bonds. The first kappa shape index (κ1) is 14.2. The van der Waals surface area contributed by atoms with Crippen LogP contribution in [0.3, 0.4) is 0 Å². The van der Waals surface area contributed by atoms with Gasteiger partial charge in [-0.05, 0) is 12.1 Å². The highest BCUT2D eigenvalue weighted by Gasteiger charge is 2.16. The van der Waals surface area contributed by atoms with Crippen LogP contribution >= 0.6 is 0 Å². The minimum absolute atomic E-state index is 0.135. The van der Waals surface area contributed by atoms with Gasteiger partial charge in [-0.1, -0.05) is 30.3 Å². The molecule has 2 heterocycles. The quantitative estimate of drug-likeness (QED) is 0.782. The molecule has 0 aliphatic carbocycles. The average molecular weight is 297 g/mol. The number of nitrogens with zero attached hydrogens (tertiary/aromatic N) is 3. The largest absolute Gasteiger partial charge is 0.478 e. The van der Waals surface area contributed by atoms with Crippen molar-refractivity contribution in [3.05, 3.63) is 53.9 Å². The molecule has 112 valence electrons. The summed E-state index contributed by atoms with van der Waals surface area (Å²) in [7, 11) is 1.61. The van der Waals surface area contributed by atoms with Gasteiger partial charge in [0.1, 0.15) is 5.56 Å². The molecule has 6 heteroatoms. The van der Waals surface area contributed by atoms with Crippen molar-refractivity contribution in [2.75, 3.05) is 13.7 Å². The summed E-state index contributed by atoms with van der Waals surface area (Å²) < 4.78 is 6.62. The maximum absolute atomic E-state index is 11.4. The molecule has 0 bridgehead atoms. The molecule has 0 aliphatic heterocycles. The third-order valence-corrected chi connectivity index (χ3v) is 3.36. The molecule has 1 aromatic carbocycles. The Morgan fingerprint density at radius 2 is 2.00 bits per heavy atom. The molecular formula is C16H15N3O3. The molecule has 1 N–H and O–H groups in total. The molecule has 0 aliphatic rings. The molecule has 0 atom stereocenters. The fourth-order valence-electron chi connectivity index (χ4n) is 2.30. The number of carbonyl (C=O) groups is 1. The maximum Gasteiger partial charge on any atom is 0.339 e. The number of benzene rings is 1. The lowest BCUT2D eigenvalue weighted by molar-refractivity contribution is 0.0698. The Labute approximate surface area is 127 Å². The van der Waals surface area contributed by atoms with E-state index in [-0.39, 0.29) is 5.56 Å². The number of rotatable bonds is 5. The lowest BCUT2D eigenvalue weighted by Gasteiger charge is -2.05. The van der Waals surface area contributed by atoms with E-state index in [1.54, 1.807) is 23.8 Å². The van der Waals surface area contributed by atoms with E-state index in [4.69, 9.17) is 4.74 Å². The van der Waals surface area contributed by atoms with Gasteiger partial charge in [0.15, 0.2) is 11.5 Å². The molecular weight excluding hydrogens is 282 g/mol. The van der Waals surface area contributed by atoms with E-state index in [1.807, 2.05) is 30.3 Å². The molecule has 0 fully saturated rings. The molecule has 3 rings (SSSR count). The second-order valence-corrected chi connectivity index (χ2v) is 4.81. The monoisotopic (exact) mass is 297 g/mol. The number of pyridine rings is 1. The fourth-order valence-corrected chi connectivity index (χ4v) is 2.30. The second kappa shape index (κ2) is 5.95. The first-order valence-corrected chi connectivity index (χ1v) is 6.87. The summed E-state index contributed by atoms with van der Waals surface area (Å²) in [5.74, 6) is -0.456. The zero-order chi connectivity index (χ0) is 15.5. The van der Waals surface area contributed by atoms with Gasteiger partial charge in [-0.3, -0.25) is 0 Å². The van der Waals surface area contributed by atoms with Gasteiger partial charge in [-0.2, -0.15) is 5.10 Å². The second-order valence-electron chi connectivity index (χ2n) is 4.81. The van der Waals surface area contributed by atoms with Gasteiger partial charge < -0.3 is 9.84 Å². The molecule has 0 saturated heterocycles. The first-order chi connectivity index (χ1) is 10.7. The third kappa shape index (κ3) is 2.56. The van der Waals surface area contributed by atoms with E-state index in [2.05, 4.69) is 10.1 Å². The summed E-state index contributed by atoms with van der Waals surface area (Å²) in [6, 6.07) is 13.0. The Morgan fingerprint density at radius 1 is 1.23 bits per heavy atom. The van der Waals surface area contributed by atoms with Crippen molar-refractivity contribution in [1.29, 1.82) is 0 Å². The van der Waals surface area contributed by atoms with Gasteiger partial charge >= 0.3 is 5.97 Å². The first-order valence-electron chi connectivity index (χ1n) is 6.87. The molecule has 6 nitrogen and oxygen atoms in total. The summed E-state index contributed by atoms with van der Waals surface area (Å²) in [6.45, 7) is 0.486. The van der Waals surface area contributed by atoms with Gasteiger partial charge in [0.05, 0.1) is 12.3 Å². The highest BCUT2D eigenvalue weighted by atomic mass is 16.5. The number of aromatic carboxylic acids is 1. The van der Waals surface area contributed by atoms with E-state index in [9.17, 15) is 9.90 Å². The molecule has 0 unspecified atom stereocenters. The number of carboxylic acid groups (broad SMARTS) is 1. The van der Waals surface area contributed by atoms with Crippen LogP contribution in [-0.2, 0) is 11.2 Å². The van der Waals surface area contributed by atoms with Crippen LogP contribution in [0, 0.1) is 0 Å². The Morgan fingerprint density at radius 3 is 2.68 bits per heavy atom. The fraction of sp³-hybridized carbons (Fsp3) is 0.188. The van der Waals surface area contributed by atoms with Crippen LogP contribution in [0.5, 0.6) is 0 Å². The predicted octanol–water partition coefficient (Wildman–Crippen LogP) is 2.28. The van der Waals surface area contributed by atoms with Gasteiger partial charge in [0, 0.05) is 19.1 Å².